The molecule has 0 saturated heterocycles. The highest BCUT2D eigenvalue weighted by Gasteiger charge is 2.34. The minimum Gasteiger partial charge on any atom is -0.480 e. The lowest BCUT2D eigenvalue weighted by Crippen LogP contribution is -2.55. The number of rotatable bonds is 11. The predicted octanol–water partition coefficient (Wildman–Crippen LogP) is 3.37. The molecule has 8 heteroatoms. The number of carboxylic acids is 1. The molecular weight excluding hydrogens is 446 g/mol. The van der Waals surface area contributed by atoms with E-state index in [1.54, 1.807) is 19.1 Å². The maximum absolute atomic E-state index is 13.2. The molecule has 0 radical (unpaired) electrons. The average Bonchev–Trinajstić information content (AvgIpc) is 2.85. The summed E-state index contributed by atoms with van der Waals surface area (Å²) >= 11 is 0. The van der Waals surface area contributed by atoms with Gasteiger partial charge in [0.2, 0.25) is 11.8 Å². The van der Waals surface area contributed by atoms with E-state index in [4.69, 9.17) is 0 Å². The maximum Gasteiger partial charge on any atom is 0.326 e. The highest BCUT2D eigenvalue weighted by molar-refractivity contribution is 6.07. The fourth-order valence-electron chi connectivity index (χ4n) is 4.21. The summed E-state index contributed by atoms with van der Waals surface area (Å²) in [6.07, 6.45) is 3.47. The van der Waals surface area contributed by atoms with Gasteiger partial charge in [0, 0.05) is 11.6 Å². The van der Waals surface area contributed by atoms with E-state index in [0.29, 0.717) is 29.5 Å². The molecule has 6 atom stereocenters. The van der Waals surface area contributed by atoms with Crippen molar-refractivity contribution in [1.82, 2.24) is 16.0 Å². The van der Waals surface area contributed by atoms with Crippen molar-refractivity contribution in [3.63, 3.8) is 0 Å². The van der Waals surface area contributed by atoms with Crippen LogP contribution in [0.3, 0.4) is 0 Å². The summed E-state index contributed by atoms with van der Waals surface area (Å²) in [5.74, 6) is -2.64. The Morgan fingerprint density at radius 2 is 1.51 bits per heavy atom. The zero-order valence-electron chi connectivity index (χ0n) is 21.6. The summed E-state index contributed by atoms with van der Waals surface area (Å²) in [5, 5.41) is 18.0. The molecule has 3 amide bonds. The van der Waals surface area contributed by atoms with Crippen LogP contribution in [-0.4, -0.2) is 46.9 Å². The molecule has 0 fully saturated rings. The summed E-state index contributed by atoms with van der Waals surface area (Å²) in [4.78, 5) is 50.7. The van der Waals surface area contributed by atoms with E-state index >= 15 is 0 Å². The minimum atomic E-state index is -1.10. The molecule has 1 unspecified atom stereocenters. The molecule has 8 nitrogen and oxygen atoms in total. The second-order valence-corrected chi connectivity index (χ2v) is 9.56. The first kappa shape index (κ1) is 28.1. The lowest BCUT2D eigenvalue weighted by atomic mass is 9.82. The van der Waals surface area contributed by atoms with Gasteiger partial charge < -0.3 is 21.1 Å². The van der Waals surface area contributed by atoms with Gasteiger partial charge in [-0.2, -0.15) is 0 Å². The molecule has 4 N–H and O–H groups in total. The standard InChI is InChI=1S/C27H39N3O5/c1-7-15(4)22-20(18-12-10-11-13-19(18)25(32)29-22)14-21(31)28-23(16(5)8-2)26(33)30-24(27(34)35)17(6)9-3/h10-17,22-24H,7-9H2,1-6H3,(H,28,31)(H,29,32)(H,30,33)(H,34,35)/t15?,16-,17-,22-,23-,24-/m0/s1. The third kappa shape index (κ3) is 6.71. The van der Waals surface area contributed by atoms with Gasteiger partial charge in [-0.05, 0) is 35.0 Å². The van der Waals surface area contributed by atoms with Gasteiger partial charge in [-0.3, -0.25) is 14.4 Å². The molecule has 0 spiro atoms. The molecular formula is C27H39N3O5. The first-order chi connectivity index (χ1) is 16.5. The van der Waals surface area contributed by atoms with Crippen molar-refractivity contribution in [3.8, 4) is 0 Å². The summed E-state index contributed by atoms with van der Waals surface area (Å²) < 4.78 is 0. The van der Waals surface area contributed by atoms with E-state index in [9.17, 15) is 24.3 Å². The number of nitrogens with one attached hydrogen (secondary N) is 3. The van der Waals surface area contributed by atoms with Crippen molar-refractivity contribution in [2.45, 2.75) is 78.9 Å². The topological polar surface area (TPSA) is 125 Å². The number of aliphatic carboxylic acids is 1. The number of amides is 3. The number of carbonyl (C=O) groups is 4. The molecule has 1 aromatic carbocycles. The highest BCUT2D eigenvalue weighted by atomic mass is 16.4. The van der Waals surface area contributed by atoms with Crippen LogP contribution < -0.4 is 16.0 Å². The Bertz CT molecular complexity index is 973. The Kier molecular flexibility index (Phi) is 10.0. The van der Waals surface area contributed by atoms with Crippen molar-refractivity contribution < 1.29 is 24.3 Å². The third-order valence-corrected chi connectivity index (χ3v) is 7.17. The van der Waals surface area contributed by atoms with Gasteiger partial charge in [0.25, 0.3) is 5.91 Å². The van der Waals surface area contributed by atoms with Crippen LogP contribution in [0.1, 0.15) is 76.7 Å². The monoisotopic (exact) mass is 485 g/mol. The third-order valence-electron chi connectivity index (χ3n) is 7.17. The fraction of sp³-hybridized carbons (Fsp3) is 0.556. The lowest BCUT2D eigenvalue weighted by Gasteiger charge is -2.33. The molecule has 1 heterocycles. The van der Waals surface area contributed by atoms with Gasteiger partial charge in [0.15, 0.2) is 0 Å². The smallest absolute Gasteiger partial charge is 0.326 e. The summed E-state index contributed by atoms with van der Waals surface area (Å²) in [6.45, 7) is 11.4. The van der Waals surface area contributed by atoms with Gasteiger partial charge in [-0.25, -0.2) is 4.79 Å². The van der Waals surface area contributed by atoms with E-state index in [2.05, 4.69) is 16.0 Å². The quantitative estimate of drug-likeness (QED) is 0.358. The molecule has 0 aliphatic carbocycles. The minimum absolute atomic E-state index is 0.0897. The SMILES string of the molecule is CCC(C)[C@@H]1NC(=O)c2ccccc2C1=CC(=O)N[C@H](C(=O)N[C@H](C(=O)O)[C@@H](C)CC)[C@@H](C)CC. The van der Waals surface area contributed by atoms with Gasteiger partial charge in [0.05, 0.1) is 6.04 Å². The molecule has 192 valence electrons. The van der Waals surface area contributed by atoms with Crippen molar-refractivity contribution in [2.24, 2.45) is 17.8 Å². The van der Waals surface area contributed by atoms with Crippen LogP contribution in [0.2, 0.25) is 0 Å². The van der Waals surface area contributed by atoms with Crippen molar-refractivity contribution in [1.29, 1.82) is 0 Å². The van der Waals surface area contributed by atoms with Gasteiger partial charge in [0.1, 0.15) is 12.1 Å². The first-order valence-corrected chi connectivity index (χ1v) is 12.5. The van der Waals surface area contributed by atoms with E-state index < -0.39 is 29.9 Å². The number of hydrogen-bond donors (Lipinski definition) is 4. The van der Waals surface area contributed by atoms with Crippen LogP contribution >= 0.6 is 0 Å². The first-order valence-electron chi connectivity index (χ1n) is 12.5. The Morgan fingerprint density at radius 1 is 0.943 bits per heavy atom. The van der Waals surface area contributed by atoms with E-state index in [0.717, 1.165) is 6.42 Å². The summed E-state index contributed by atoms with van der Waals surface area (Å²) in [6, 6.07) is 4.87. The lowest BCUT2D eigenvalue weighted by molar-refractivity contribution is -0.144. The Labute approximate surface area is 207 Å². The van der Waals surface area contributed by atoms with Crippen LogP contribution in [0.15, 0.2) is 30.3 Å². The summed E-state index contributed by atoms with van der Waals surface area (Å²) in [5.41, 5.74) is 1.89. The van der Waals surface area contributed by atoms with Crippen LogP contribution in [-0.2, 0) is 14.4 Å². The fourth-order valence-corrected chi connectivity index (χ4v) is 4.21. The molecule has 35 heavy (non-hydrogen) atoms. The van der Waals surface area contributed by atoms with E-state index in [1.165, 1.54) is 6.08 Å². The number of carboxylic acid groups (broad SMARTS) is 1. The maximum atomic E-state index is 13.2. The Morgan fingerprint density at radius 3 is 2.06 bits per heavy atom. The second-order valence-electron chi connectivity index (χ2n) is 9.56. The van der Waals surface area contributed by atoms with Gasteiger partial charge in [-0.15, -0.1) is 0 Å². The second kappa shape index (κ2) is 12.5. The number of carbonyl (C=O) groups excluding carboxylic acids is 3. The predicted molar refractivity (Wildman–Crippen MR) is 136 cm³/mol. The zero-order chi connectivity index (χ0) is 26.3. The molecule has 0 aromatic heterocycles. The van der Waals surface area contributed by atoms with Crippen LogP contribution in [0.5, 0.6) is 0 Å². The van der Waals surface area contributed by atoms with Crippen LogP contribution in [0.25, 0.3) is 5.57 Å². The van der Waals surface area contributed by atoms with Crippen molar-refractivity contribution in [3.05, 3.63) is 41.5 Å². The Hall–Kier alpha value is -3.16. The molecule has 2 rings (SSSR count). The zero-order valence-corrected chi connectivity index (χ0v) is 21.6. The van der Waals surface area contributed by atoms with Crippen LogP contribution in [0.4, 0.5) is 0 Å². The van der Waals surface area contributed by atoms with Gasteiger partial charge >= 0.3 is 5.97 Å². The molecule has 0 bridgehead atoms. The Balaban J connectivity index is 2.37. The molecule has 0 saturated carbocycles. The van der Waals surface area contributed by atoms with Gasteiger partial charge in [-0.1, -0.05) is 79.0 Å². The van der Waals surface area contributed by atoms with Crippen molar-refractivity contribution in [2.75, 3.05) is 0 Å². The van der Waals surface area contributed by atoms with Crippen molar-refractivity contribution >= 4 is 29.3 Å². The van der Waals surface area contributed by atoms with E-state index in [1.807, 2.05) is 46.8 Å². The summed E-state index contributed by atoms with van der Waals surface area (Å²) in [7, 11) is 0. The molecule has 1 aliphatic heterocycles. The molecule has 1 aliphatic rings. The largest absolute Gasteiger partial charge is 0.480 e. The number of benzene rings is 1. The molecule has 1 aromatic rings. The number of hydrogen-bond acceptors (Lipinski definition) is 4. The number of fused-ring (bicyclic) bond motifs is 1. The normalized spacial score (nSPS) is 20.6. The highest BCUT2D eigenvalue weighted by Crippen LogP contribution is 2.31. The average molecular weight is 486 g/mol. The van der Waals surface area contributed by atoms with E-state index in [-0.39, 0.29) is 29.7 Å². The van der Waals surface area contributed by atoms with Crippen LogP contribution in [0, 0.1) is 17.8 Å².